The quantitative estimate of drug-likeness (QED) is 0.854. The molecule has 1 atom stereocenters. The van der Waals surface area contributed by atoms with Gasteiger partial charge in [-0.2, -0.15) is 0 Å². The molecule has 0 saturated carbocycles. The lowest BCUT2D eigenvalue weighted by atomic mass is 10.0. The molecule has 5 nitrogen and oxygen atoms in total. The summed E-state index contributed by atoms with van der Waals surface area (Å²) in [5, 5.41) is 9.27. The molecule has 1 N–H and O–H groups in total. The molecular formula is C21H27N3O2. The van der Waals surface area contributed by atoms with Gasteiger partial charge in [0.2, 0.25) is 0 Å². The number of hydrogen-bond donors (Lipinski definition) is 1. The van der Waals surface area contributed by atoms with Crippen LogP contribution in [0, 0.1) is 5.92 Å². The Balaban J connectivity index is 1.83. The summed E-state index contributed by atoms with van der Waals surface area (Å²) >= 11 is 0. The molecule has 138 valence electrons. The van der Waals surface area contributed by atoms with Crippen molar-refractivity contribution in [1.82, 2.24) is 14.8 Å². The molecule has 0 unspecified atom stereocenters. The molecule has 1 aromatic heterocycles. The normalized spacial score (nSPS) is 17.2. The number of benzene rings is 1. The van der Waals surface area contributed by atoms with Gasteiger partial charge in [0.05, 0.1) is 5.69 Å². The van der Waals surface area contributed by atoms with E-state index in [1.165, 1.54) is 10.5 Å². The highest BCUT2D eigenvalue weighted by Crippen LogP contribution is 2.25. The highest BCUT2D eigenvalue weighted by molar-refractivity contribution is 5.66. The minimum Gasteiger partial charge on any atom is -0.465 e. The van der Waals surface area contributed by atoms with Crippen molar-refractivity contribution in [3.05, 3.63) is 54.4 Å². The molecule has 5 heteroatoms. The number of hydrogen-bond acceptors (Lipinski definition) is 3. The fourth-order valence-electron chi connectivity index (χ4n) is 3.66. The lowest BCUT2D eigenvalue weighted by Gasteiger charge is -2.30. The molecule has 1 aliphatic heterocycles. The Morgan fingerprint density at radius 1 is 1.27 bits per heavy atom. The van der Waals surface area contributed by atoms with Crippen LogP contribution in [0.2, 0.25) is 0 Å². The summed E-state index contributed by atoms with van der Waals surface area (Å²) in [5.74, 6) is 0.512. The van der Waals surface area contributed by atoms with E-state index in [9.17, 15) is 9.90 Å². The zero-order chi connectivity index (χ0) is 18.5. The molecule has 2 heterocycles. The van der Waals surface area contributed by atoms with Crippen molar-refractivity contribution in [1.29, 1.82) is 0 Å². The van der Waals surface area contributed by atoms with Gasteiger partial charge in [-0.1, -0.05) is 50.2 Å². The Kier molecular flexibility index (Phi) is 5.89. The van der Waals surface area contributed by atoms with Crippen LogP contribution < -0.4 is 0 Å². The molecule has 26 heavy (non-hydrogen) atoms. The van der Waals surface area contributed by atoms with Crippen molar-refractivity contribution in [3.63, 3.8) is 0 Å². The standard InChI is InChI=1S/C21H27N3O2/c1-16(2)13-24(18-10-12-23(14-18)21(25)26)15-20-19(9-6-11-22-20)17-7-4-3-5-8-17/h3-9,11,16,18H,10,12-15H2,1-2H3,(H,25,26)/t18-/m0/s1. The van der Waals surface area contributed by atoms with E-state index >= 15 is 0 Å². The number of carboxylic acid groups (broad SMARTS) is 1. The molecule has 1 fully saturated rings. The Labute approximate surface area is 155 Å². The van der Waals surface area contributed by atoms with E-state index in [-0.39, 0.29) is 6.04 Å². The van der Waals surface area contributed by atoms with Crippen molar-refractivity contribution < 1.29 is 9.90 Å². The monoisotopic (exact) mass is 353 g/mol. The third-order valence-electron chi connectivity index (χ3n) is 4.88. The second kappa shape index (κ2) is 8.32. The molecule has 1 aromatic carbocycles. The van der Waals surface area contributed by atoms with Crippen LogP contribution in [0.4, 0.5) is 4.79 Å². The first-order valence-electron chi connectivity index (χ1n) is 9.26. The van der Waals surface area contributed by atoms with Crippen LogP contribution in [0.3, 0.4) is 0 Å². The van der Waals surface area contributed by atoms with Gasteiger partial charge in [-0.3, -0.25) is 9.88 Å². The van der Waals surface area contributed by atoms with Gasteiger partial charge in [0, 0.05) is 44.0 Å². The molecule has 0 bridgehead atoms. The number of likely N-dealkylation sites (tertiary alicyclic amines) is 1. The van der Waals surface area contributed by atoms with Crippen LogP contribution >= 0.6 is 0 Å². The predicted molar refractivity (Wildman–Crippen MR) is 103 cm³/mol. The first-order valence-corrected chi connectivity index (χ1v) is 9.26. The zero-order valence-electron chi connectivity index (χ0n) is 15.5. The van der Waals surface area contributed by atoms with Crippen molar-refractivity contribution in [2.45, 2.75) is 32.9 Å². The van der Waals surface area contributed by atoms with Crippen LogP contribution in [0.25, 0.3) is 11.1 Å². The average molecular weight is 353 g/mol. The number of carbonyl (C=O) groups is 1. The maximum Gasteiger partial charge on any atom is 0.407 e. The van der Waals surface area contributed by atoms with Gasteiger partial charge in [-0.05, 0) is 24.0 Å². The van der Waals surface area contributed by atoms with Gasteiger partial charge in [-0.15, -0.1) is 0 Å². The Bertz CT molecular complexity index is 733. The van der Waals surface area contributed by atoms with Crippen LogP contribution in [-0.2, 0) is 6.54 Å². The number of pyridine rings is 1. The molecule has 2 aromatic rings. The smallest absolute Gasteiger partial charge is 0.407 e. The summed E-state index contributed by atoms with van der Waals surface area (Å²) in [7, 11) is 0. The summed E-state index contributed by atoms with van der Waals surface area (Å²) < 4.78 is 0. The summed E-state index contributed by atoms with van der Waals surface area (Å²) in [6, 6.07) is 14.6. The number of rotatable bonds is 6. The second-order valence-corrected chi connectivity index (χ2v) is 7.36. The van der Waals surface area contributed by atoms with Crippen molar-refractivity contribution in [2.24, 2.45) is 5.92 Å². The van der Waals surface area contributed by atoms with Crippen molar-refractivity contribution in [2.75, 3.05) is 19.6 Å². The molecule has 3 rings (SSSR count). The first kappa shape index (κ1) is 18.4. The van der Waals surface area contributed by atoms with Crippen LogP contribution in [-0.4, -0.2) is 51.7 Å². The fraction of sp³-hybridized carbons (Fsp3) is 0.429. The van der Waals surface area contributed by atoms with Crippen LogP contribution in [0.5, 0.6) is 0 Å². The Hall–Kier alpha value is -2.40. The number of aromatic nitrogens is 1. The minimum absolute atomic E-state index is 0.249. The molecule has 1 amide bonds. The lowest BCUT2D eigenvalue weighted by molar-refractivity contribution is 0.140. The molecule has 0 spiro atoms. The van der Waals surface area contributed by atoms with E-state index in [0.29, 0.717) is 19.0 Å². The maximum atomic E-state index is 11.3. The topological polar surface area (TPSA) is 56.7 Å². The van der Waals surface area contributed by atoms with Crippen molar-refractivity contribution >= 4 is 6.09 Å². The summed E-state index contributed by atoms with van der Waals surface area (Å²) in [6.45, 7) is 7.27. The maximum absolute atomic E-state index is 11.3. The van der Waals surface area contributed by atoms with Gasteiger partial charge in [0.25, 0.3) is 0 Å². The second-order valence-electron chi connectivity index (χ2n) is 7.36. The Morgan fingerprint density at radius 3 is 2.69 bits per heavy atom. The van der Waals surface area contributed by atoms with E-state index in [1.807, 2.05) is 30.5 Å². The minimum atomic E-state index is -0.820. The van der Waals surface area contributed by atoms with E-state index in [2.05, 4.69) is 41.9 Å². The SMILES string of the molecule is CC(C)CN(Cc1ncccc1-c1ccccc1)[C@H]1CCN(C(=O)O)C1. The van der Waals surface area contributed by atoms with Gasteiger partial charge < -0.3 is 10.0 Å². The average Bonchev–Trinajstić information content (AvgIpc) is 3.12. The molecule has 1 aliphatic rings. The molecule has 0 aliphatic carbocycles. The van der Waals surface area contributed by atoms with Crippen LogP contribution in [0.15, 0.2) is 48.7 Å². The van der Waals surface area contributed by atoms with E-state index < -0.39 is 6.09 Å². The van der Waals surface area contributed by atoms with Crippen molar-refractivity contribution in [3.8, 4) is 11.1 Å². The van der Waals surface area contributed by atoms with E-state index in [1.54, 1.807) is 0 Å². The van der Waals surface area contributed by atoms with Gasteiger partial charge in [0.1, 0.15) is 0 Å². The molecular weight excluding hydrogens is 326 g/mol. The lowest BCUT2D eigenvalue weighted by Crippen LogP contribution is -2.40. The highest BCUT2D eigenvalue weighted by Gasteiger charge is 2.31. The Morgan fingerprint density at radius 2 is 2.04 bits per heavy atom. The predicted octanol–water partition coefficient (Wildman–Crippen LogP) is 3.96. The van der Waals surface area contributed by atoms with Gasteiger partial charge in [-0.25, -0.2) is 4.79 Å². The summed E-state index contributed by atoms with van der Waals surface area (Å²) in [4.78, 5) is 19.9. The largest absolute Gasteiger partial charge is 0.465 e. The third kappa shape index (κ3) is 4.41. The summed E-state index contributed by atoms with van der Waals surface area (Å²) in [6.07, 6.45) is 1.90. The molecule has 1 saturated heterocycles. The van der Waals surface area contributed by atoms with Crippen LogP contribution in [0.1, 0.15) is 26.0 Å². The molecule has 0 radical (unpaired) electrons. The summed E-state index contributed by atoms with van der Waals surface area (Å²) in [5.41, 5.74) is 3.36. The number of amides is 1. The van der Waals surface area contributed by atoms with Gasteiger partial charge in [0.15, 0.2) is 0 Å². The van der Waals surface area contributed by atoms with E-state index in [4.69, 9.17) is 0 Å². The fourth-order valence-corrected chi connectivity index (χ4v) is 3.66. The first-order chi connectivity index (χ1) is 12.5. The highest BCUT2D eigenvalue weighted by atomic mass is 16.4. The third-order valence-corrected chi connectivity index (χ3v) is 4.88. The van der Waals surface area contributed by atoms with E-state index in [0.717, 1.165) is 30.8 Å². The van der Waals surface area contributed by atoms with Gasteiger partial charge >= 0.3 is 6.09 Å². The zero-order valence-corrected chi connectivity index (χ0v) is 15.5. The number of nitrogens with zero attached hydrogens (tertiary/aromatic N) is 3.